The standard InChI is InChI=1S/C32H67N.ClH/c1-5-9-13-17-18-19-20-21-22-24-28-31(27-23-14-10-6-2)32(33,29-25-15-11-7-3)30-26-16-12-8-4;/h31H,5-30,33H2,1-4H3;1H. The van der Waals surface area contributed by atoms with E-state index in [1.54, 1.807) is 0 Å². The van der Waals surface area contributed by atoms with E-state index in [1.165, 1.54) is 167 Å². The van der Waals surface area contributed by atoms with Crippen LogP contribution in [0.5, 0.6) is 0 Å². The fourth-order valence-corrected chi connectivity index (χ4v) is 5.71. The van der Waals surface area contributed by atoms with Crippen LogP contribution in [-0.2, 0) is 0 Å². The molecule has 1 atom stereocenters. The van der Waals surface area contributed by atoms with Gasteiger partial charge in [-0.2, -0.15) is 0 Å². The molecule has 1 unspecified atom stereocenters. The van der Waals surface area contributed by atoms with Gasteiger partial charge in [0.15, 0.2) is 0 Å². The third-order valence-corrected chi connectivity index (χ3v) is 8.12. The van der Waals surface area contributed by atoms with Crippen LogP contribution in [0.25, 0.3) is 0 Å². The van der Waals surface area contributed by atoms with Crippen LogP contribution in [-0.4, -0.2) is 5.54 Å². The third-order valence-electron chi connectivity index (χ3n) is 8.12. The van der Waals surface area contributed by atoms with E-state index in [0.717, 1.165) is 5.92 Å². The van der Waals surface area contributed by atoms with Gasteiger partial charge in [0.05, 0.1) is 0 Å². The van der Waals surface area contributed by atoms with E-state index in [0.29, 0.717) is 0 Å². The maximum absolute atomic E-state index is 7.34. The summed E-state index contributed by atoms with van der Waals surface area (Å²) in [6.45, 7) is 9.28. The van der Waals surface area contributed by atoms with E-state index in [9.17, 15) is 0 Å². The molecule has 34 heavy (non-hydrogen) atoms. The Morgan fingerprint density at radius 1 is 0.412 bits per heavy atom. The molecular formula is C32H68ClN. The Kier molecular flexibility index (Phi) is 29.8. The number of hydrogen-bond acceptors (Lipinski definition) is 1. The molecule has 1 nitrogen and oxygen atoms in total. The summed E-state index contributed by atoms with van der Waals surface area (Å²) in [5, 5.41) is 0. The lowest BCUT2D eigenvalue weighted by molar-refractivity contribution is 0.190. The quantitative estimate of drug-likeness (QED) is 0.111. The van der Waals surface area contributed by atoms with Gasteiger partial charge in [0.2, 0.25) is 0 Å². The third kappa shape index (κ3) is 21.5. The summed E-state index contributed by atoms with van der Waals surface area (Å²) < 4.78 is 0. The number of halogens is 1. The van der Waals surface area contributed by atoms with E-state index >= 15 is 0 Å². The normalized spacial score (nSPS) is 12.6. The summed E-state index contributed by atoms with van der Waals surface area (Å²) in [7, 11) is 0. The van der Waals surface area contributed by atoms with E-state index in [-0.39, 0.29) is 17.9 Å². The molecule has 208 valence electrons. The van der Waals surface area contributed by atoms with Crippen molar-refractivity contribution in [2.45, 2.75) is 200 Å². The van der Waals surface area contributed by atoms with Crippen molar-refractivity contribution in [2.75, 3.05) is 0 Å². The molecule has 0 radical (unpaired) electrons. The van der Waals surface area contributed by atoms with Crippen molar-refractivity contribution >= 4 is 12.4 Å². The molecular weight excluding hydrogens is 434 g/mol. The largest absolute Gasteiger partial charge is 0.325 e. The van der Waals surface area contributed by atoms with Crippen molar-refractivity contribution in [1.29, 1.82) is 0 Å². The summed E-state index contributed by atoms with van der Waals surface area (Å²) in [6, 6.07) is 0. The second kappa shape index (κ2) is 27.8. The second-order valence-electron chi connectivity index (χ2n) is 11.4. The monoisotopic (exact) mass is 502 g/mol. The maximum atomic E-state index is 7.34. The van der Waals surface area contributed by atoms with Crippen LogP contribution < -0.4 is 5.73 Å². The molecule has 0 aliphatic rings. The van der Waals surface area contributed by atoms with E-state index in [1.807, 2.05) is 0 Å². The predicted octanol–water partition coefficient (Wildman–Crippen LogP) is 11.9. The number of nitrogens with two attached hydrogens (primary N) is 1. The van der Waals surface area contributed by atoms with E-state index in [2.05, 4.69) is 27.7 Å². The van der Waals surface area contributed by atoms with E-state index in [4.69, 9.17) is 5.73 Å². The van der Waals surface area contributed by atoms with Gasteiger partial charge in [0.1, 0.15) is 0 Å². The predicted molar refractivity (Wildman–Crippen MR) is 160 cm³/mol. The number of hydrogen-bond donors (Lipinski definition) is 1. The molecule has 0 aromatic heterocycles. The number of unbranched alkanes of at least 4 members (excludes halogenated alkanes) is 18. The zero-order valence-corrected chi connectivity index (χ0v) is 25.3. The molecule has 0 aliphatic carbocycles. The Labute approximate surface area is 224 Å². The zero-order chi connectivity index (χ0) is 24.5. The van der Waals surface area contributed by atoms with Gasteiger partial charge in [0.25, 0.3) is 0 Å². The van der Waals surface area contributed by atoms with Crippen molar-refractivity contribution in [3.63, 3.8) is 0 Å². The minimum atomic E-state index is 0. The lowest BCUT2D eigenvalue weighted by Crippen LogP contribution is -2.47. The molecule has 0 heterocycles. The molecule has 0 bridgehead atoms. The lowest BCUT2D eigenvalue weighted by atomic mass is 9.72. The zero-order valence-electron chi connectivity index (χ0n) is 24.4. The molecule has 0 amide bonds. The fourth-order valence-electron chi connectivity index (χ4n) is 5.71. The molecule has 0 saturated heterocycles. The average Bonchev–Trinajstić information content (AvgIpc) is 2.82. The minimum Gasteiger partial charge on any atom is -0.325 e. The van der Waals surface area contributed by atoms with Gasteiger partial charge in [-0.1, -0.05) is 169 Å². The molecule has 0 aromatic rings. The summed E-state index contributed by atoms with van der Waals surface area (Å²) in [6.07, 6.45) is 36.1. The SMILES string of the molecule is CCCCCCCCCCCCC(CCCCCC)C(N)(CCCCCC)CCCCCC.Cl. The molecule has 0 aliphatic heterocycles. The Hall–Kier alpha value is 0.250. The first-order valence-electron chi connectivity index (χ1n) is 15.9. The summed E-state index contributed by atoms with van der Waals surface area (Å²) in [5.41, 5.74) is 7.45. The van der Waals surface area contributed by atoms with Crippen molar-refractivity contribution in [2.24, 2.45) is 11.7 Å². The maximum Gasteiger partial charge on any atom is 0.0182 e. The smallest absolute Gasteiger partial charge is 0.0182 e. The molecule has 0 saturated carbocycles. The van der Waals surface area contributed by atoms with Crippen molar-refractivity contribution in [1.82, 2.24) is 0 Å². The Bertz CT molecular complexity index is 358. The summed E-state index contributed by atoms with van der Waals surface area (Å²) in [4.78, 5) is 0. The highest BCUT2D eigenvalue weighted by Gasteiger charge is 2.33. The van der Waals surface area contributed by atoms with Gasteiger partial charge in [0, 0.05) is 5.54 Å². The molecule has 0 rings (SSSR count). The summed E-state index contributed by atoms with van der Waals surface area (Å²) >= 11 is 0. The fraction of sp³-hybridized carbons (Fsp3) is 1.00. The molecule has 2 heteroatoms. The highest BCUT2D eigenvalue weighted by Crippen LogP contribution is 2.35. The first kappa shape index (κ1) is 36.4. The lowest BCUT2D eigenvalue weighted by Gasteiger charge is -2.39. The van der Waals surface area contributed by atoms with Crippen LogP contribution in [0.2, 0.25) is 0 Å². The first-order valence-corrected chi connectivity index (χ1v) is 15.9. The highest BCUT2D eigenvalue weighted by atomic mass is 35.5. The van der Waals surface area contributed by atoms with Gasteiger partial charge in [-0.05, 0) is 31.6 Å². The first-order chi connectivity index (χ1) is 16.1. The number of rotatable bonds is 27. The van der Waals surface area contributed by atoms with Crippen LogP contribution in [0.4, 0.5) is 0 Å². The Morgan fingerprint density at radius 3 is 1.03 bits per heavy atom. The highest BCUT2D eigenvalue weighted by molar-refractivity contribution is 5.85. The molecule has 0 spiro atoms. The van der Waals surface area contributed by atoms with Gasteiger partial charge in [-0.25, -0.2) is 0 Å². The van der Waals surface area contributed by atoms with Crippen LogP contribution in [0.1, 0.15) is 195 Å². The van der Waals surface area contributed by atoms with Gasteiger partial charge in [-0.15, -0.1) is 12.4 Å². The molecule has 0 fully saturated rings. The average molecular weight is 502 g/mol. The van der Waals surface area contributed by atoms with Crippen molar-refractivity contribution in [3.8, 4) is 0 Å². The molecule has 2 N–H and O–H groups in total. The summed E-state index contributed by atoms with van der Waals surface area (Å²) in [5.74, 6) is 0.756. The van der Waals surface area contributed by atoms with Crippen LogP contribution >= 0.6 is 12.4 Å². The van der Waals surface area contributed by atoms with Crippen LogP contribution in [0.3, 0.4) is 0 Å². The minimum absolute atomic E-state index is 0. The van der Waals surface area contributed by atoms with Crippen LogP contribution in [0, 0.1) is 5.92 Å². The van der Waals surface area contributed by atoms with E-state index < -0.39 is 0 Å². The van der Waals surface area contributed by atoms with Gasteiger partial charge in [-0.3, -0.25) is 0 Å². The van der Waals surface area contributed by atoms with Gasteiger partial charge < -0.3 is 5.73 Å². The van der Waals surface area contributed by atoms with Crippen molar-refractivity contribution < 1.29 is 0 Å². The topological polar surface area (TPSA) is 26.0 Å². The second-order valence-corrected chi connectivity index (χ2v) is 11.4. The Morgan fingerprint density at radius 2 is 0.676 bits per heavy atom. The van der Waals surface area contributed by atoms with Crippen molar-refractivity contribution in [3.05, 3.63) is 0 Å². The molecule has 0 aromatic carbocycles. The van der Waals surface area contributed by atoms with Gasteiger partial charge >= 0.3 is 0 Å². The Balaban J connectivity index is 0. The van der Waals surface area contributed by atoms with Crippen LogP contribution in [0.15, 0.2) is 0 Å².